The molecule has 10 heteroatoms. The molecule has 0 saturated heterocycles. The number of anilines is 1. The Kier molecular flexibility index (Phi) is 5.84. The smallest absolute Gasteiger partial charge is 0.404 e. The lowest BCUT2D eigenvalue weighted by atomic mass is 10.2. The largest absolute Gasteiger partial charge is 0.573 e. The molecule has 0 radical (unpaired) electrons. The van der Waals surface area contributed by atoms with Crippen molar-refractivity contribution in [1.29, 1.82) is 0 Å². The average molecular weight is 412 g/mol. The Balaban J connectivity index is 1.59. The maximum atomic E-state index is 12.4. The van der Waals surface area contributed by atoms with Gasteiger partial charge in [0.2, 0.25) is 17.6 Å². The first-order chi connectivity index (χ1) is 13.3. The van der Waals surface area contributed by atoms with Crippen LogP contribution >= 0.6 is 11.6 Å². The number of nitrogens with zero attached hydrogens (tertiary/aromatic N) is 2. The summed E-state index contributed by atoms with van der Waals surface area (Å²) in [5.41, 5.74) is 0.610. The van der Waals surface area contributed by atoms with Crippen molar-refractivity contribution in [2.75, 3.05) is 5.32 Å². The van der Waals surface area contributed by atoms with Crippen molar-refractivity contribution in [1.82, 2.24) is 10.1 Å². The van der Waals surface area contributed by atoms with Gasteiger partial charge in [0, 0.05) is 23.4 Å². The highest BCUT2D eigenvalue weighted by atomic mass is 35.5. The number of benzene rings is 2. The summed E-state index contributed by atoms with van der Waals surface area (Å²) in [6.45, 7) is 0. The van der Waals surface area contributed by atoms with Crippen LogP contribution in [-0.4, -0.2) is 22.4 Å². The molecular weight excluding hydrogens is 399 g/mol. The van der Waals surface area contributed by atoms with Gasteiger partial charge in [-0.25, -0.2) is 0 Å². The molecule has 28 heavy (non-hydrogen) atoms. The number of carbonyl (C=O) groups is 1. The first-order valence-corrected chi connectivity index (χ1v) is 8.41. The third kappa shape index (κ3) is 5.46. The van der Waals surface area contributed by atoms with E-state index in [1.165, 1.54) is 18.2 Å². The van der Waals surface area contributed by atoms with Crippen molar-refractivity contribution in [3.8, 4) is 17.1 Å². The molecule has 3 aromatic rings. The summed E-state index contributed by atoms with van der Waals surface area (Å²) in [5, 5.41) is 6.77. The van der Waals surface area contributed by atoms with E-state index in [0.717, 1.165) is 6.07 Å². The highest BCUT2D eigenvalue weighted by Crippen LogP contribution is 2.30. The van der Waals surface area contributed by atoms with Crippen molar-refractivity contribution in [2.45, 2.75) is 19.2 Å². The maximum absolute atomic E-state index is 12.4. The molecule has 0 aliphatic carbocycles. The Morgan fingerprint density at radius 2 is 1.86 bits per heavy atom. The van der Waals surface area contributed by atoms with E-state index < -0.39 is 18.0 Å². The summed E-state index contributed by atoms with van der Waals surface area (Å²) >= 11 is 5.82. The third-order valence-corrected chi connectivity index (χ3v) is 3.78. The molecule has 1 amide bonds. The van der Waals surface area contributed by atoms with Crippen molar-refractivity contribution in [3.63, 3.8) is 0 Å². The minimum absolute atomic E-state index is 0.0669. The summed E-state index contributed by atoms with van der Waals surface area (Å²) < 4.78 is 46.3. The van der Waals surface area contributed by atoms with Crippen LogP contribution in [0, 0.1) is 0 Å². The molecule has 0 spiro atoms. The van der Waals surface area contributed by atoms with Crippen molar-refractivity contribution in [3.05, 3.63) is 59.4 Å². The highest BCUT2D eigenvalue weighted by Gasteiger charge is 2.32. The Hall–Kier alpha value is -3.07. The van der Waals surface area contributed by atoms with E-state index in [9.17, 15) is 18.0 Å². The lowest BCUT2D eigenvalue weighted by Gasteiger charge is -2.13. The van der Waals surface area contributed by atoms with Gasteiger partial charge in [0.05, 0.1) is 5.69 Å². The van der Waals surface area contributed by atoms with Crippen molar-refractivity contribution < 1.29 is 27.2 Å². The molecule has 0 aliphatic rings. The van der Waals surface area contributed by atoms with Crippen LogP contribution in [-0.2, 0) is 11.2 Å². The van der Waals surface area contributed by atoms with Gasteiger partial charge in [-0.2, -0.15) is 4.98 Å². The fourth-order valence-electron chi connectivity index (χ4n) is 2.29. The predicted octanol–water partition coefficient (Wildman–Crippen LogP) is 4.86. The Morgan fingerprint density at radius 1 is 1.14 bits per heavy atom. The second-order valence-electron chi connectivity index (χ2n) is 5.61. The van der Waals surface area contributed by atoms with Gasteiger partial charge >= 0.3 is 6.36 Å². The number of amides is 1. The standard InChI is InChI=1S/C18H13ClF3N3O3/c19-12-7-5-11(6-8-12)17-24-16(28-25-17)10-9-15(26)23-13-3-1-2-4-14(13)27-18(20,21)22/h1-8H,9-10H2,(H,23,26). The number of alkyl halides is 3. The fraction of sp³-hybridized carbons (Fsp3) is 0.167. The normalized spacial score (nSPS) is 11.3. The summed E-state index contributed by atoms with van der Waals surface area (Å²) in [6, 6.07) is 12.1. The molecule has 0 fully saturated rings. The number of nitrogens with one attached hydrogen (secondary N) is 1. The molecule has 2 aromatic carbocycles. The van der Waals surface area contributed by atoms with Gasteiger partial charge in [0.1, 0.15) is 0 Å². The summed E-state index contributed by atoms with van der Waals surface area (Å²) in [6.07, 6.45) is -4.81. The number of aryl methyl sites for hydroxylation is 1. The SMILES string of the molecule is O=C(CCc1nc(-c2ccc(Cl)cc2)no1)Nc1ccccc1OC(F)(F)F. The summed E-state index contributed by atoms with van der Waals surface area (Å²) in [5.74, 6) is -0.452. The molecule has 0 aliphatic heterocycles. The van der Waals surface area contributed by atoms with Crippen molar-refractivity contribution >= 4 is 23.2 Å². The quantitative estimate of drug-likeness (QED) is 0.626. The second kappa shape index (κ2) is 8.30. The minimum atomic E-state index is -4.86. The zero-order valence-electron chi connectivity index (χ0n) is 14.2. The first kappa shape index (κ1) is 19.7. The number of hydrogen-bond donors (Lipinski definition) is 1. The number of para-hydroxylation sites is 2. The molecule has 0 bridgehead atoms. The predicted molar refractivity (Wildman–Crippen MR) is 94.8 cm³/mol. The number of rotatable bonds is 6. The molecular formula is C18H13ClF3N3O3. The van der Waals surface area contributed by atoms with Gasteiger partial charge in [-0.05, 0) is 36.4 Å². The average Bonchev–Trinajstić information content (AvgIpc) is 3.10. The van der Waals surface area contributed by atoms with Gasteiger partial charge < -0.3 is 14.6 Å². The third-order valence-electron chi connectivity index (χ3n) is 3.52. The van der Waals surface area contributed by atoms with E-state index in [0.29, 0.717) is 16.4 Å². The van der Waals surface area contributed by atoms with E-state index in [-0.39, 0.29) is 24.4 Å². The summed E-state index contributed by atoms with van der Waals surface area (Å²) in [7, 11) is 0. The van der Waals surface area contributed by atoms with Crippen LogP contribution in [0.25, 0.3) is 11.4 Å². The van der Waals surface area contributed by atoms with E-state index >= 15 is 0 Å². The van der Waals surface area contributed by atoms with Crippen molar-refractivity contribution in [2.24, 2.45) is 0 Å². The Bertz CT molecular complexity index is 958. The highest BCUT2D eigenvalue weighted by molar-refractivity contribution is 6.30. The van der Waals surface area contributed by atoms with Gasteiger partial charge in [-0.1, -0.05) is 28.9 Å². The van der Waals surface area contributed by atoms with Gasteiger partial charge in [-0.3, -0.25) is 4.79 Å². The molecule has 0 atom stereocenters. The maximum Gasteiger partial charge on any atom is 0.573 e. The molecule has 0 saturated carbocycles. The fourth-order valence-corrected chi connectivity index (χ4v) is 2.42. The van der Waals surface area contributed by atoms with E-state index in [1.807, 2.05) is 0 Å². The molecule has 6 nitrogen and oxygen atoms in total. The molecule has 3 rings (SSSR count). The topological polar surface area (TPSA) is 77.2 Å². The zero-order valence-corrected chi connectivity index (χ0v) is 14.9. The van der Waals surface area contributed by atoms with Gasteiger partial charge in [0.25, 0.3) is 0 Å². The van der Waals surface area contributed by atoms with E-state index in [2.05, 4.69) is 20.2 Å². The monoisotopic (exact) mass is 411 g/mol. The molecule has 1 heterocycles. The lowest BCUT2D eigenvalue weighted by Crippen LogP contribution is -2.19. The zero-order chi connectivity index (χ0) is 20.1. The number of carbonyl (C=O) groups excluding carboxylic acids is 1. The van der Waals surface area contributed by atoms with Gasteiger partial charge in [-0.15, -0.1) is 13.2 Å². The van der Waals surface area contributed by atoms with E-state index in [1.54, 1.807) is 24.3 Å². The van der Waals surface area contributed by atoms with Crippen LogP contribution in [0.1, 0.15) is 12.3 Å². The van der Waals surface area contributed by atoms with Crippen LogP contribution in [0.2, 0.25) is 5.02 Å². The molecule has 0 unspecified atom stereocenters. The summed E-state index contributed by atoms with van der Waals surface area (Å²) in [4.78, 5) is 16.2. The Morgan fingerprint density at radius 3 is 2.57 bits per heavy atom. The molecule has 1 N–H and O–H groups in total. The van der Waals surface area contributed by atoms with Crippen LogP contribution < -0.4 is 10.1 Å². The minimum Gasteiger partial charge on any atom is -0.404 e. The Labute approximate surface area is 162 Å². The second-order valence-corrected chi connectivity index (χ2v) is 6.05. The van der Waals surface area contributed by atoms with Gasteiger partial charge in [0.15, 0.2) is 5.75 Å². The van der Waals surface area contributed by atoms with Crippen LogP contribution in [0.3, 0.4) is 0 Å². The van der Waals surface area contributed by atoms with Crippen LogP contribution in [0.5, 0.6) is 5.75 Å². The number of hydrogen-bond acceptors (Lipinski definition) is 5. The molecule has 1 aromatic heterocycles. The molecule has 146 valence electrons. The number of halogens is 4. The van der Waals surface area contributed by atoms with Crippen LogP contribution in [0.15, 0.2) is 53.1 Å². The van der Waals surface area contributed by atoms with E-state index in [4.69, 9.17) is 16.1 Å². The number of ether oxygens (including phenoxy) is 1. The number of aromatic nitrogens is 2. The van der Waals surface area contributed by atoms with Crippen LogP contribution in [0.4, 0.5) is 18.9 Å². The first-order valence-electron chi connectivity index (χ1n) is 8.03. The lowest BCUT2D eigenvalue weighted by molar-refractivity contribution is -0.274.